The van der Waals surface area contributed by atoms with Gasteiger partial charge in [0.1, 0.15) is 0 Å². The van der Waals surface area contributed by atoms with E-state index in [-0.39, 0.29) is 17.9 Å². The van der Waals surface area contributed by atoms with E-state index in [0.717, 1.165) is 51.3 Å². The molecule has 148 valence electrons. The van der Waals surface area contributed by atoms with Crippen LogP contribution in [0.4, 0.5) is 4.79 Å². The van der Waals surface area contributed by atoms with E-state index in [2.05, 4.69) is 22.9 Å². The maximum absolute atomic E-state index is 12.9. The first-order valence-corrected chi connectivity index (χ1v) is 9.83. The number of hydrogen-bond acceptors (Lipinski definition) is 4. The van der Waals surface area contributed by atoms with Gasteiger partial charge in [0.05, 0.1) is 5.69 Å². The monoisotopic (exact) mass is 373 g/mol. The molecule has 3 amide bonds. The molecule has 1 aromatic rings. The summed E-state index contributed by atoms with van der Waals surface area (Å²) in [5.41, 5.74) is 2.34. The number of nitrogens with zero attached hydrogens (tertiary/aromatic N) is 5. The fourth-order valence-corrected chi connectivity index (χ4v) is 3.88. The molecule has 7 heteroatoms. The summed E-state index contributed by atoms with van der Waals surface area (Å²) in [5.74, 6) is 0.321. The summed E-state index contributed by atoms with van der Waals surface area (Å²) < 4.78 is 0. The van der Waals surface area contributed by atoms with Crippen LogP contribution in [0.1, 0.15) is 24.1 Å². The first-order valence-electron chi connectivity index (χ1n) is 9.83. The van der Waals surface area contributed by atoms with Crippen LogP contribution in [-0.2, 0) is 11.3 Å². The van der Waals surface area contributed by atoms with Gasteiger partial charge >= 0.3 is 6.03 Å². The fourth-order valence-electron chi connectivity index (χ4n) is 3.88. The quantitative estimate of drug-likeness (QED) is 0.804. The number of hydrogen-bond donors (Lipinski definition) is 0. The molecule has 0 spiro atoms. The summed E-state index contributed by atoms with van der Waals surface area (Å²) in [4.78, 5) is 37.2. The Balaban J connectivity index is 1.45. The molecule has 2 aliphatic rings. The van der Waals surface area contributed by atoms with Crippen LogP contribution in [0.2, 0.25) is 0 Å². The highest BCUT2D eigenvalue weighted by Crippen LogP contribution is 2.21. The summed E-state index contributed by atoms with van der Waals surface area (Å²) in [5, 5.41) is 0. The number of pyridine rings is 1. The molecular formula is C20H31N5O2. The molecule has 1 aromatic heterocycles. The third kappa shape index (κ3) is 4.77. The molecule has 0 saturated carbocycles. The average Bonchev–Trinajstić information content (AvgIpc) is 2.69. The van der Waals surface area contributed by atoms with Gasteiger partial charge in [-0.1, -0.05) is 6.07 Å². The number of aryl methyl sites for hydroxylation is 1. The average molecular weight is 374 g/mol. The maximum atomic E-state index is 12.9. The van der Waals surface area contributed by atoms with Crippen molar-refractivity contribution >= 4 is 11.9 Å². The van der Waals surface area contributed by atoms with E-state index in [1.807, 2.05) is 22.1 Å². The van der Waals surface area contributed by atoms with Crippen LogP contribution in [0.15, 0.2) is 18.3 Å². The maximum Gasteiger partial charge on any atom is 0.319 e. The molecule has 0 unspecified atom stereocenters. The lowest BCUT2D eigenvalue weighted by molar-refractivity contribution is -0.138. The minimum atomic E-state index is 0.0410. The van der Waals surface area contributed by atoms with E-state index >= 15 is 0 Å². The molecule has 7 nitrogen and oxygen atoms in total. The second-order valence-electron chi connectivity index (χ2n) is 7.81. The topological polar surface area (TPSA) is 60.0 Å². The van der Waals surface area contributed by atoms with E-state index in [0.29, 0.717) is 13.1 Å². The van der Waals surface area contributed by atoms with Crippen molar-refractivity contribution in [2.24, 2.45) is 5.92 Å². The first kappa shape index (κ1) is 19.6. The first-order chi connectivity index (χ1) is 13.0. The fraction of sp³-hybridized carbons (Fsp3) is 0.650. The van der Waals surface area contributed by atoms with Crippen LogP contribution >= 0.6 is 0 Å². The molecule has 0 N–H and O–H groups in total. The Morgan fingerprint density at radius 3 is 2.33 bits per heavy atom. The van der Waals surface area contributed by atoms with Crippen LogP contribution in [0.25, 0.3) is 0 Å². The van der Waals surface area contributed by atoms with Crippen LogP contribution in [0, 0.1) is 12.8 Å². The number of piperazine rings is 1. The van der Waals surface area contributed by atoms with Crippen molar-refractivity contribution < 1.29 is 9.59 Å². The van der Waals surface area contributed by atoms with Crippen molar-refractivity contribution in [3.63, 3.8) is 0 Å². The van der Waals surface area contributed by atoms with Crippen molar-refractivity contribution in [1.82, 2.24) is 24.6 Å². The Hall–Kier alpha value is -2.15. The van der Waals surface area contributed by atoms with Crippen molar-refractivity contribution in [2.75, 3.05) is 53.4 Å². The molecule has 27 heavy (non-hydrogen) atoms. The molecule has 2 fully saturated rings. The van der Waals surface area contributed by atoms with Gasteiger partial charge in [-0.05, 0) is 31.4 Å². The Morgan fingerprint density at radius 2 is 1.74 bits per heavy atom. The third-order valence-corrected chi connectivity index (χ3v) is 5.67. The smallest absolute Gasteiger partial charge is 0.319 e. The molecule has 3 heterocycles. The number of carbonyl (C=O) groups excluding carboxylic acids is 2. The van der Waals surface area contributed by atoms with E-state index in [1.165, 1.54) is 5.56 Å². The van der Waals surface area contributed by atoms with Crippen molar-refractivity contribution in [2.45, 2.75) is 26.3 Å². The van der Waals surface area contributed by atoms with E-state index in [4.69, 9.17) is 0 Å². The molecule has 0 atom stereocenters. The Kier molecular flexibility index (Phi) is 6.31. The molecular weight excluding hydrogens is 342 g/mol. The Morgan fingerprint density at radius 1 is 1.07 bits per heavy atom. The van der Waals surface area contributed by atoms with Gasteiger partial charge < -0.3 is 14.7 Å². The summed E-state index contributed by atoms with van der Waals surface area (Å²) >= 11 is 0. The lowest BCUT2D eigenvalue weighted by Crippen LogP contribution is -2.52. The van der Waals surface area contributed by atoms with Crippen LogP contribution in [-0.4, -0.2) is 89.9 Å². The summed E-state index contributed by atoms with van der Waals surface area (Å²) in [7, 11) is 3.54. The number of aromatic nitrogens is 1. The van der Waals surface area contributed by atoms with Gasteiger partial charge in [0, 0.05) is 72.0 Å². The third-order valence-electron chi connectivity index (χ3n) is 5.67. The van der Waals surface area contributed by atoms with Crippen molar-refractivity contribution in [1.29, 1.82) is 0 Å². The number of carbonyl (C=O) groups is 2. The highest BCUT2D eigenvalue weighted by molar-refractivity contribution is 5.80. The second kappa shape index (κ2) is 8.69. The van der Waals surface area contributed by atoms with Gasteiger partial charge in [-0.2, -0.15) is 0 Å². The predicted octanol–water partition coefficient (Wildman–Crippen LogP) is 1.43. The minimum Gasteiger partial charge on any atom is -0.340 e. The minimum absolute atomic E-state index is 0.0410. The second-order valence-corrected chi connectivity index (χ2v) is 7.81. The number of urea groups is 1. The molecule has 2 saturated heterocycles. The number of piperidine rings is 1. The normalized spacial score (nSPS) is 19.2. The highest BCUT2D eigenvalue weighted by atomic mass is 16.2. The molecule has 0 aromatic carbocycles. The van der Waals surface area contributed by atoms with Crippen molar-refractivity contribution in [3.05, 3.63) is 29.6 Å². The van der Waals surface area contributed by atoms with Gasteiger partial charge in [0.25, 0.3) is 0 Å². The molecule has 0 aliphatic carbocycles. The van der Waals surface area contributed by atoms with Gasteiger partial charge in [-0.3, -0.25) is 14.7 Å². The summed E-state index contributed by atoms with van der Waals surface area (Å²) in [6, 6.07) is 4.10. The molecule has 0 radical (unpaired) electrons. The van der Waals surface area contributed by atoms with Gasteiger partial charge in [0.15, 0.2) is 0 Å². The largest absolute Gasteiger partial charge is 0.340 e. The molecule has 3 rings (SSSR count). The van der Waals surface area contributed by atoms with Crippen LogP contribution in [0.3, 0.4) is 0 Å². The van der Waals surface area contributed by atoms with Gasteiger partial charge in [-0.15, -0.1) is 0 Å². The summed E-state index contributed by atoms with van der Waals surface area (Å²) in [6.45, 7) is 7.62. The zero-order chi connectivity index (χ0) is 19.4. The lowest BCUT2D eigenvalue weighted by Gasteiger charge is -2.39. The molecule has 0 bridgehead atoms. The Bertz CT molecular complexity index is 662. The Labute approximate surface area is 161 Å². The van der Waals surface area contributed by atoms with Gasteiger partial charge in [-0.25, -0.2) is 4.79 Å². The van der Waals surface area contributed by atoms with E-state index < -0.39 is 0 Å². The number of rotatable bonds is 3. The predicted molar refractivity (Wildman–Crippen MR) is 104 cm³/mol. The van der Waals surface area contributed by atoms with E-state index in [1.54, 1.807) is 19.0 Å². The lowest BCUT2D eigenvalue weighted by atomic mass is 9.95. The summed E-state index contributed by atoms with van der Waals surface area (Å²) in [6.07, 6.45) is 3.38. The molecule has 2 aliphatic heterocycles. The van der Waals surface area contributed by atoms with Gasteiger partial charge in [0.2, 0.25) is 5.91 Å². The number of amides is 3. The highest BCUT2D eigenvalue weighted by Gasteiger charge is 2.32. The van der Waals surface area contributed by atoms with Crippen LogP contribution < -0.4 is 0 Å². The number of likely N-dealkylation sites (tertiary alicyclic amines) is 1. The van der Waals surface area contributed by atoms with Crippen LogP contribution in [0.5, 0.6) is 0 Å². The zero-order valence-electron chi connectivity index (χ0n) is 16.7. The SMILES string of the molecule is Cc1cccnc1CN1CCN(C(=O)C2CCN(C(=O)N(C)C)CC2)CC1. The standard InChI is InChI=1S/C20H31N5O2/c1-16-5-4-8-21-18(16)15-23-11-13-24(14-12-23)19(26)17-6-9-25(10-7-17)20(27)22(2)3/h4-5,8,17H,6-7,9-15H2,1-3H3. The van der Waals surface area contributed by atoms with Crippen molar-refractivity contribution in [3.8, 4) is 0 Å². The van der Waals surface area contributed by atoms with E-state index in [9.17, 15) is 9.59 Å². The zero-order valence-corrected chi connectivity index (χ0v) is 16.7.